The van der Waals surface area contributed by atoms with Crippen molar-refractivity contribution in [3.63, 3.8) is 0 Å². The van der Waals surface area contributed by atoms with Crippen molar-refractivity contribution in [3.8, 4) is 0 Å². The maximum Gasteiger partial charge on any atom is 0.319 e. The molecule has 19 heavy (non-hydrogen) atoms. The number of benzene rings is 1. The number of nitrogens with one attached hydrogen (secondary N) is 1. The van der Waals surface area contributed by atoms with E-state index >= 15 is 0 Å². The van der Waals surface area contributed by atoms with Crippen LogP contribution in [0, 0.1) is 0 Å². The molecule has 0 bridgehead atoms. The predicted molar refractivity (Wildman–Crippen MR) is 78.3 cm³/mol. The molecule has 0 fully saturated rings. The summed E-state index contributed by atoms with van der Waals surface area (Å²) in [4.78, 5) is 11.1. The van der Waals surface area contributed by atoms with E-state index in [2.05, 4.69) is 50.4 Å². The van der Waals surface area contributed by atoms with Gasteiger partial charge in [-0.3, -0.25) is 4.79 Å². The van der Waals surface area contributed by atoms with Crippen LogP contribution in [0.2, 0.25) is 0 Å². The van der Waals surface area contributed by atoms with Gasteiger partial charge in [-0.1, -0.05) is 45.0 Å². The molecule has 0 saturated carbocycles. The van der Waals surface area contributed by atoms with Gasteiger partial charge in [0.15, 0.2) is 0 Å². The van der Waals surface area contributed by atoms with Gasteiger partial charge in [0, 0.05) is 0 Å². The van der Waals surface area contributed by atoms with E-state index in [-0.39, 0.29) is 17.9 Å². The first-order valence-corrected chi connectivity index (χ1v) is 6.89. The Morgan fingerprint density at radius 3 is 2.37 bits per heavy atom. The van der Waals surface area contributed by atoms with Gasteiger partial charge in [-0.15, -0.1) is 0 Å². The molecule has 1 aromatic rings. The molecule has 0 heterocycles. The van der Waals surface area contributed by atoms with Gasteiger partial charge in [0.2, 0.25) is 0 Å². The summed E-state index contributed by atoms with van der Waals surface area (Å²) in [7, 11) is 0. The molecule has 0 radical (unpaired) electrons. The highest BCUT2D eigenvalue weighted by Crippen LogP contribution is 2.22. The molecule has 0 atom stereocenters. The maximum atomic E-state index is 11.1. The fraction of sp³-hybridized carbons (Fsp3) is 0.562. The molecule has 0 amide bonds. The van der Waals surface area contributed by atoms with E-state index < -0.39 is 0 Å². The number of hydrogen-bond donors (Lipinski definition) is 1. The Bertz CT molecular complexity index is 390. The minimum absolute atomic E-state index is 0.189. The first-order chi connectivity index (χ1) is 8.93. The molecular formula is C16H25NO2. The van der Waals surface area contributed by atoms with Gasteiger partial charge in [0.1, 0.15) is 0 Å². The zero-order valence-corrected chi connectivity index (χ0v) is 12.5. The van der Waals surface area contributed by atoms with Crippen molar-refractivity contribution in [2.75, 3.05) is 19.7 Å². The van der Waals surface area contributed by atoms with Crippen molar-refractivity contribution in [1.29, 1.82) is 0 Å². The second kappa shape index (κ2) is 7.29. The summed E-state index contributed by atoms with van der Waals surface area (Å²) < 4.78 is 4.85. The lowest BCUT2D eigenvalue weighted by molar-refractivity contribution is -0.141. The standard InChI is InChI=1S/C16H25NO2/c1-5-19-15(18)12-17-11-10-13-6-8-14(9-7-13)16(2,3)4/h6-9,17H,5,10-12H2,1-4H3. The number of carbonyl (C=O) groups is 1. The van der Waals surface area contributed by atoms with Gasteiger partial charge in [0.25, 0.3) is 0 Å². The Labute approximate surface area is 116 Å². The molecule has 0 aliphatic carbocycles. The average Bonchev–Trinajstić information content (AvgIpc) is 2.34. The van der Waals surface area contributed by atoms with E-state index in [0.717, 1.165) is 13.0 Å². The van der Waals surface area contributed by atoms with Crippen LogP contribution in [0.25, 0.3) is 0 Å². The molecular weight excluding hydrogens is 238 g/mol. The molecule has 1 N–H and O–H groups in total. The number of carbonyl (C=O) groups excluding carboxylic acids is 1. The number of esters is 1. The molecule has 3 nitrogen and oxygen atoms in total. The highest BCUT2D eigenvalue weighted by molar-refractivity contribution is 5.71. The summed E-state index contributed by atoms with van der Waals surface area (Å²) in [5.74, 6) is -0.189. The van der Waals surface area contributed by atoms with Crippen LogP contribution in [-0.2, 0) is 21.4 Å². The fourth-order valence-corrected chi connectivity index (χ4v) is 1.81. The third kappa shape index (κ3) is 5.88. The van der Waals surface area contributed by atoms with Gasteiger partial charge in [-0.05, 0) is 36.4 Å². The largest absolute Gasteiger partial charge is 0.465 e. The monoisotopic (exact) mass is 263 g/mol. The molecule has 0 aromatic heterocycles. The Morgan fingerprint density at radius 2 is 1.84 bits per heavy atom. The van der Waals surface area contributed by atoms with Crippen molar-refractivity contribution in [2.24, 2.45) is 0 Å². The summed E-state index contributed by atoms with van der Waals surface area (Å²) in [6.45, 7) is 9.96. The SMILES string of the molecule is CCOC(=O)CNCCc1ccc(C(C)(C)C)cc1. The highest BCUT2D eigenvalue weighted by Gasteiger charge is 2.12. The second-order valence-electron chi connectivity index (χ2n) is 5.68. The summed E-state index contributed by atoms with van der Waals surface area (Å²) in [6, 6.07) is 8.68. The van der Waals surface area contributed by atoms with Crippen LogP contribution in [0.4, 0.5) is 0 Å². The average molecular weight is 263 g/mol. The Morgan fingerprint density at radius 1 is 1.21 bits per heavy atom. The quantitative estimate of drug-likeness (QED) is 0.633. The first kappa shape index (κ1) is 15.7. The third-order valence-electron chi connectivity index (χ3n) is 2.99. The minimum Gasteiger partial charge on any atom is -0.465 e. The van der Waals surface area contributed by atoms with Crippen molar-refractivity contribution in [1.82, 2.24) is 5.32 Å². The molecule has 3 heteroatoms. The Hall–Kier alpha value is -1.35. The van der Waals surface area contributed by atoms with Crippen molar-refractivity contribution in [3.05, 3.63) is 35.4 Å². The lowest BCUT2D eigenvalue weighted by atomic mass is 9.86. The van der Waals surface area contributed by atoms with Crippen molar-refractivity contribution < 1.29 is 9.53 Å². The molecule has 1 rings (SSSR count). The molecule has 0 aliphatic rings. The zero-order valence-electron chi connectivity index (χ0n) is 12.5. The highest BCUT2D eigenvalue weighted by atomic mass is 16.5. The van der Waals surface area contributed by atoms with Gasteiger partial charge >= 0.3 is 5.97 Å². The van der Waals surface area contributed by atoms with Crippen LogP contribution < -0.4 is 5.32 Å². The predicted octanol–water partition coefficient (Wildman–Crippen LogP) is 2.68. The second-order valence-corrected chi connectivity index (χ2v) is 5.68. The van der Waals surface area contributed by atoms with E-state index in [0.29, 0.717) is 6.61 Å². The molecule has 0 saturated heterocycles. The van der Waals surface area contributed by atoms with Gasteiger partial charge in [-0.2, -0.15) is 0 Å². The van der Waals surface area contributed by atoms with Crippen LogP contribution in [0.5, 0.6) is 0 Å². The minimum atomic E-state index is -0.189. The van der Waals surface area contributed by atoms with Crippen LogP contribution in [0.15, 0.2) is 24.3 Å². The lowest BCUT2D eigenvalue weighted by Crippen LogP contribution is -2.26. The molecule has 1 aromatic carbocycles. The number of hydrogen-bond acceptors (Lipinski definition) is 3. The summed E-state index contributed by atoms with van der Waals surface area (Å²) in [5, 5.41) is 3.09. The molecule has 0 unspecified atom stereocenters. The van der Waals surface area contributed by atoms with Crippen molar-refractivity contribution in [2.45, 2.75) is 39.5 Å². The fourth-order valence-electron chi connectivity index (χ4n) is 1.81. The maximum absolute atomic E-state index is 11.1. The Kier molecular flexibility index (Phi) is 6.03. The van der Waals surface area contributed by atoms with Gasteiger partial charge in [-0.25, -0.2) is 0 Å². The van der Waals surface area contributed by atoms with Gasteiger partial charge in [0.05, 0.1) is 13.2 Å². The normalized spacial score (nSPS) is 11.4. The molecule has 106 valence electrons. The summed E-state index contributed by atoms with van der Waals surface area (Å²) in [6.07, 6.45) is 0.920. The van der Waals surface area contributed by atoms with E-state index in [1.54, 1.807) is 0 Å². The van der Waals surface area contributed by atoms with Crippen LogP contribution in [0.3, 0.4) is 0 Å². The first-order valence-electron chi connectivity index (χ1n) is 6.89. The number of ether oxygens (including phenoxy) is 1. The molecule has 0 aliphatic heterocycles. The van der Waals surface area contributed by atoms with Crippen LogP contribution >= 0.6 is 0 Å². The topological polar surface area (TPSA) is 38.3 Å². The summed E-state index contributed by atoms with van der Waals surface area (Å²) in [5.41, 5.74) is 2.82. The smallest absolute Gasteiger partial charge is 0.319 e. The van der Waals surface area contributed by atoms with Crippen LogP contribution in [-0.4, -0.2) is 25.7 Å². The lowest BCUT2D eigenvalue weighted by Gasteiger charge is -2.19. The van der Waals surface area contributed by atoms with E-state index in [4.69, 9.17) is 4.74 Å². The Balaban J connectivity index is 2.33. The number of rotatable bonds is 6. The van der Waals surface area contributed by atoms with Gasteiger partial charge < -0.3 is 10.1 Å². The van der Waals surface area contributed by atoms with E-state index in [9.17, 15) is 4.79 Å². The molecule has 0 spiro atoms. The van der Waals surface area contributed by atoms with Crippen molar-refractivity contribution >= 4 is 5.97 Å². The summed E-state index contributed by atoms with van der Waals surface area (Å²) >= 11 is 0. The van der Waals surface area contributed by atoms with E-state index in [1.165, 1.54) is 11.1 Å². The zero-order chi connectivity index (χ0) is 14.3. The third-order valence-corrected chi connectivity index (χ3v) is 2.99. The van der Waals surface area contributed by atoms with E-state index in [1.807, 2.05) is 6.92 Å². The van der Waals surface area contributed by atoms with Crippen LogP contribution in [0.1, 0.15) is 38.8 Å².